The Balaban J connectivity index is 1.76. The third kappa shape index (κ3) is 4.46. The molecule has 0 saturated heterocycles. The highest BCUT2D eigenvalue weighted by atomic mass is 16.3. The second kappa shape index (κ2) is 7.64. The Morgan fingerprint density at radius 2 is 1.95 bits per heavy atom. The van der Waals surface area contributed by atoms with Crippen molar-refractivity contribution in [1.82, 2.24) is 15.5 Å². The van der Waals surface area contributed by atoms with Gasteiger partial charge in [-0.05, 0) is 24.0 Å². The smallest absolute Gasteiger partial charge is 0.315 e. The molecule has 1 heterocycles. The Morgan fingerprint density at radius 1 is 1.19 bits per heavy atom. The molecule has 1 aromatic rings. The summed E-state index contributed by atoms with van der Waals surface area (Å²) >= 11 is 0. The van der Waals surface area contributed by atoms with Gasteiger partial charge >= 0.3 is 6.03 Å². The van der Waals surface area contributed by atoms with Gasteiger partial charge in [-0.2, -0.15) is 0 Å². The summed E-state index contributed by atoms with van der Waals surface area (Å²) in [6.45, 7) is 1.71. The number of fused-ring (bicyclic) bond motifs is 1. The number of aliphatic hydroxyl groups excluding tert-OH is 1. The van der Waals surface area contributed by atoms with Gasteiger partial charge in [0.25, 0.3) is 0 Å². The van der Waals surface area contributed by atoms with Gasteiger partial charge in [0.1, 0.15) is 0 Å². The lowest BCUT2D eigenvalue weighted by molar-refractivity contribution is -0.130. The van der Waals surface area contributed by atoms with Gasteiger partial charge in [-0.25, -0.2) is 4.79 Å². The maximum atomic E-state index is 12.1. The first-order valence-corrected chi connectivity index (χ1v) is 7.18. The molecule has 2 rings (SSSR count). The first-order chi connectivity index (χ1) is 10.2. The summed E-state index contributed by atoms with van der Waals surface area (Å²) in [5.41, 5.74) is 2.46. The van der Waals surface area contributed by atoms with E-state index in [-0.39, 0.29) is 25.1 Å². The lowest BCUT2D eigenvalue weighted by Crippen LogP contribution is -2.45. The summed E-state index contributed by atoms with van der Waals surface area (Å²) in [6, 6.07) is 7.72. The maximum Gasteiger partial charge on any atom is 0.315 e. The monoisotopic (exact) mass is 291 g/mol. The molecule has 1 aromatic carbocycles. The topological polar surface area (TPSA) is 81.7 Å². The first kappa shape index (κ1) is 15.3. The van der Waals surface area contributed by atoms with Crippen LogP contribution in [0.15, 0.2) is 24.3 Å². The molecule has 21 heavy (non-hydrogen) atoms. The van der Waals surface area contributed by atoms with Gasteiger partial charge in [-0.3, -0.25) is 4.79 Å². The lowest BCUT2D eigenvalue weighted by Gasteiger charge is -2.29. The van der Waals surface area contributed by atoms with E-state index in [2.05, 4.69) is 16.7 Å². The molecule has 1 aliphatic rings. The zero-order chi connectivity index (χ0) is 15.1. The van der Waals surface area contributed by atoms with Crippen LogP contribution >= 0.6 is 0 Å². The molecule has 0 bridgehead atoms. The zero-order valence-electron chi connectivity index (χ0n) is 12.0. The van der Waals surface area contributed by atoms with Crippen LogP contribution in [0.2, 0.25) is 0 Å². The third-order valence-electron chi connectivity index (χ3n) is 3.50. The average molecular weight is 291 g/mol. The number of aliphatic hydroxyl groups is 1. The highest BCUT2D eigenvalue weighted by Crippen LogP contribution is 2.18. The van der Waals surface area contributed by atoms with Crippen molar-refractivity contribution in [3.8, 4) is 0 Å². The summed E-state index contributed by atoms with van der Waals surface area (Å²) in [5, 5.41) is 13.7. The minimum atomic E-state index is -0.380. The van der Waals surface area contributed by atoms with Crippen molar-refractivity contribution in [2.75, 3.05) is 26.2 Å². The minimum absolute atomic E-state index is 0.00682. The van der Waals surface area contributed by atoms with Crippen molar-refractivity contribution in [2.24, 2.45) is 0 Å². The molecule has 0 aromatic heterocycles. The molecule has 0 atom stereocenters. The van der Waals surface area contributed by atoms with Crippen LogP contribution in [0.3, 0.4) is 0 Å². The van der Waals surface area contributed by atoms with Crippen LogP contribution < -0.4 is 10.6 Å². The normalized spacial score (nSPS) is 13.5. The summed E-state index contributed by atoms with van der Waals surface area (Å²) in [6.07, 6.45) is 1.36. The number of amides is 3. The van der Waals surface area contributed by atoms with E-state index in [1.54, 1.807) is 4.90 Å². The highest BCUT2D eigenvalue weighted by molar-refractivity contribution is 5.84. The first-order valence-electron chi connectivity index (χ1n) is 7.18. The largest absolute Gasteiger partial charge is 0.396 e. The fourth-order valence-corrected chi connectivity index (χ4v) is 2.32. The third-order valence-corrected chi connectivity index (χ3v) is 3.50. The van der Waals surface area contributed by atoms with Crippen molar-refractivity contribution in [3.05, 3.63) is 35.4 Å². The van der Waals surface area contributed by atoms with Gasteiger partial charge in [-0.1, -0.05) is 24.3 Å². The molecule has 0 saturated carbocycles. The molecule has 1 aliphatic heterocycles. The Hall–Kier alpha value is -2.08. The quantitative estimate of drug-likeness (QED) is 0.680. The number of hydrogen-bond acceptors (Lipinski definition) is 3. The number of carbonyl (C=O) groups is 2. The van der Waals surface area contributed by atoms with E-state index in [0.29, 0.717) is 26.1 Å². The predicted octanol–water partition coefficient (Wildman–Crippen LogP) is 0.253. The van der Waals surface area contributed by atoms with Gasteiger partial charge in [-0.15, -0.1) is 0 Å². The van der Waals surface area contributed by atoms with Crippen molar-refractivity contribution < 1.29 is 14.7 Å². The zero-order valence-corrected chi connectivity index (χ0v) is 12.0. The highest BCUT2D eigenvalue weighted by Gasteiger charge is 2.20. The summed E-state index contributed by atoms with van der Waals surface area (Å²) in [7, 11) is 0. The Kier molecular flexibility index (Phi) is 5.57. The molecule has 0 aliphatic carbocycles. The van der Waals surface area contributed by atoms with E-state index in [9.17, 15) is 9.59 Å². The average Bonchev–Trinajstić information content (AvgIpc) is 2.52. The van der Waals surface area contributed by atoms with E-state index < -0.39 is 0 Å². The molecule has 6 heteroatoms. The van der Waals surface area contributed by atoms with Crippen LogP contribution in [0.1, 0.15) is 17.5 Å². The number of hydrogen-bond donors (Lipinski definition) is 3. The Bertz CT molecular complexity index is 505. The van der Waals surface area contributed by atoms with Gasteiger partial charge in [0.2, 0.25) is 5.91 Å². The molecule has 0 spiro atoms. The van der Waals surface area contributed by atoms with Crippen LogP contribution in [0.4, 0.5) is 4.79 Å². The van der Waals surface area contributed by atoms with E-state index >= 15 is 0 Å². The van der Waals surface area contributed by atoms with E-state index in [0.717, 1.165) is 6.42 Å². The van der Waals surface area contributed by atoms with Gasteiger partial charge in [0.05, 0.1) is 6.54 Å². The molecule has 0 fully saturated rings. The molecule has 0 radical (unpaired) electrons. The van der Waals surface area contributed by atoms with E-state index in [1.165, 1.54) is 11.1 Å². The minimum Gasteiger partial charge on any atom is -0.396 e. The Morgan fingerprint density at radius 3 is 2.71 bits per heavy atom. The number of nitrogens with zero attached hydrogens (tertiary/aromatic N) is 1. The second-order valence-corrected chi connectivity index (χ2v) is 5.02. The van der Waals surface area contributed by atoms with Gasteiger partial charge in [0.15, 0.2) is 0 Å². The summed E-state index contributed by atoms with van der Waals surface area (Å²) in [4.78, 5) is 25.3. The molecule has 114 valence electrons. The molecular formula is C15H21N3O3. The Labute approximate surface area is 124 Å². The van der Waals surface area contributed by atoms with Crippen LogP contribution in [-0.2, 0) is 17.8 Å². The molecule has 3 N–H and O–H groups in total. The van der Waals surface area contributed by atoms with Gasteiger partial charge < -0.3 is 20.6 Å². The number of carbonyl (C=O) groups excluding carboxylic acids is 2. The standard InChI is InChI=1S/C15H21N3O3/c19-9-3-7-16-15(21)17-10-14(20)18-8-6-12-4-1-2-5-13(12)11-18/h1-2,4-5,19H,3,6-11H2,(H2,16,17,21). The molecule has 0 unspecified atom stereocenters. The van der Waals surface area contributed by atoms with Crippen molar-refractivity contribution in [2.45, 2.75) is 19.4 Å². The van der Waals surface area contributed by atoms with Crippen molar-refractivity contribution in [3.63, 3.8) is 0 Å². The molecule has 6 nitrogen and oxygen atoms in total. The number of nitrogens with one attached hydrogen (secondary N) is 2. The van der Waals surface area contributed by atoms with E-state index in [4.69, 9.17) is 5.11 Å². The SMILES string of the molecule is O=C(NCCCO)NCC(=O)N1CCc2ccccc2C1. The number of rotatable bonds is 5. The fourth-order valence-electron chi connectivity index (χ4n) is 2.32. The van der Waals surface area contributed by atoms with Crippen LogP contribution in [0, 0.1) is 0 Å². The maximum absolute atomic E-state index is 12.1. The molecular weight excluding hydrogens is 270 g/mol. The van der Waals surface area contributed by atoms with Crippen LogP contribution in [0.25, 0.3) is 0 Å². The lowest BCUT2D eigenvalue weighted by atomic mass is 10.00. The van der Waals surface area contributed by atoms with Crippen LogP contribution in [0.5, 0.6) is 0 Å². The van der Waals surface area contributed by atoms with E-state index in [1.807, 2.05) is 18.2 Å². The number of benzene rings is 1. The van der Waals surface area contributed by atoms with Gasteiger partial charge in [0, 0.05) is 26.2 Å². The molecule has 3 amide bonds. The summed E-state index contributed by atoms with van der Waals surface area (Å²) < 4.78 is 0. The second-order valence-electron chi connectivity index (χ2n) is 5.02. The number of urea groups is 1. The van der Waals surface area contributed by atoms with Crippen LogP contribution in [-0.4, -0.2) is 48.2 Å². The predicted molar refractivity (Wildman–Crippen MR) is 78.7 cm³/mol. The summed E-state index contributed by atoms with van der Waals surface area (Å²) in [5.74, 6) is -0.0817. The van der Waals surface area contributed by atoms with Crippen molar-refractivity contribution in [1.29, 1.82) is 0 Å². The van der Waals surface area contributed by atoms with Crippen molar-refractivity contribution >= 4 is 11.9 Å². The fraction of sp³-hybridized carbons (Fsp3) is 0.467.